The van der Waals surface area contributed by atoms with Crippen molar-refractivity contribution in [2.75, 3.05) is 6.54 Å². The monoisotopic (exact) mass is 324 g/mol. The van der Waals surface area contributed by atoms with E-state index in [9.17, 15) is 0 Å². The summed E-state index contributed by atoms with van der Waals surface area (Å²) in [5.41, 5.74) is 1.44. The van der Waals surface area contributed by atoms with Crippen molar-refractivity contribution in [3.05, 3.63) is 35.9 Å². The number of alkyl halides is 1. The van der Waals surface area contributed by atoms with Gasteiger partial charge in [-0.05, 0) is 20.3 Å². The molecule has 104 valence electrons. The molecule has 2 fully saturated rings. The van der Waals surface area contributed by atoms with Gasteiger partial charge in [0.15, 0.2) is 0 Å². The summed E-state index contributed by atoms with van der Waals surface area (Å²) >= 11 is 3.91. The molecule has 0 spiro atoms. The average Bonchev–Trinajstić information content (AvgIpc) is 2.81. The number of quaternary nitrogens is 1. The number of likely N-dealkylation sites (tertiary alicyclic amines) is 1. The van der Waals surface area contributed by atoms with E-state index in [0.717, 1.165) is 12.5 Å². The molecular formula is C16H23BrNO+. The fourth-order valence-electron chi connectivity index (χ4n) is 3.77. The third-order valence-corrected chi connectivity index (χ3v) is 5.76. The molecule has 1 aliphatic carbocycles. The van der Waals surface area contributed by atoms with Crippen LogP contribution in [0.5, 0.6) is 0 Å². The first kappa shape index (κ1) is 13.6. The molecule has 1 aromatic carbocycles. The highest BCUT2D eigenvalue weighted by Crippen LogP contribution is 2.36. The molecule has 2 nitrogen and oxygen atoms in total. The molecular weight excluding hydrogens is 302 g/mol. The summed E-state index contributed by atoms with van der Waals surface area (Å²) in [6.45, 7) is 6.70. The Morgan fingerprint density at radius 3 is 2.68 bits per heavy atom. The molecule has 1 saturated carbocycles. The number of fused-ring (bicyclic) bond motifs is 2. The Morgan fingerprint density at radius 2 is 2.05 bits per heavy atom. The van der Waals surface area contributed by atoms with Gasteiger partial charge in [-0.3, -0.25) is 0 Å². The number of hydrogen-bond donors (Lipinski definition) is 1. The van der Waals surface area contributed by atoms with Crippen LogP contribution in [0.25, 0.3) is 0 Å². The van der Waals surface area contributed by atoms with Crippen molar-refractivity contribution >= 4 is 15.9 Å². The van der Waals surface area contributed by atoms with E-state index in [1.807, 2.05) is 0 Å². The Hall–Kier alpha value is -0.380. The number of rotatable bonds is 4. The first-order valence-electron chi connectivity index (χ1n) is 7.33. The van der Waals surface area contributed by atoms with E-state index in [2.05, 4.69) is 60.1 Å². The topological polar surface area (TPSA) is 13.7 Å². The molecule has 1 aromatic rings. The fraction of sp³-hybridized carbons (Fsp3) is 0.625. The molecule has 1 N–H and O–H groups in total. The van der Waals surface area contributed by atoms with Crippen LogP contribution < -0.4 is 4.90 Å². The zero-order valence-electron chi connectivity index (χ0n) is 11.7. The highest BCUT2D eigenvalue weighted by Gasteiger charge is 2.55. The quantitative estimate of drug-likeness (QED) is 0.837. The number of hydrogen-bond acceptors (Lipinski definition) is 1. The van der Waals surface area contributed by atoms with Gasteiger partial charge in [-0.2, -0.15) is 0 Å². The maximum absolute atomic E-state index is 6.13. The van der Waals surface area contributed by atoms with E-state index >= 15 is 0 Å². The molecule has 2 aliphatic rings. The lowest BCUT2D eigenvalue weighted by molar-refractivity contribution is -0.934. The minimum absolute atomic E-state index is 0.335. The third-order valence-electron chi connectivity index (χ3n) is 4.45. The predicted octanol–water partition coefficient (Wildman–Crippen LogP) is 2.03. The minimum atomic E-state index is 0.335. The van der Waals surface area contributed by atoms with E-state index < -0.39 is 0 Å². The summed E-state index contributed by atoms with van der Waals surface area (Å²) in [5, 5.41) is 0. The Kier molecular flexibility index (Phi) is 3.97. The first-order chi connectivity index (χ1) is 9.15. The van der Waals surface area contributed by atoms with Crippen LogP contribution in [0.3, 0.4) is 0 Å². The molecule has 3 rings (SSSR count). The molecule has 1 aliphatic heterocycles. The van der Waals surface area contributed by atoms with E-state index in [0.29, 0.717) is 23.1 Å². The second-order valence-corrected chi connectivity index (χ2v) is 7.27. The zero-order chi connectivity index (χ0) is 13.4. The second-order valence-electron chi connectivity index (χ2n) is 6.21. The molecule has 0 aromatic heterocycles. The standard InChI is InChI=1S/C16H22BrNO/c1-11(2)19-14-8-13-10-18(16(14)15(13)17)9-12-6-4-3-5-7-12/h3-7,11,13-16H,8-10H2,1-2H3/p+1/t13-,14-,15+,16-/m0/s1. The molecule has 0 radical (unpaired) electrons. The van der Waals surface area contributed by atoms with Crippen molar-refractivity contribution in [1.29, 1.82) is 0 Å². The Morgan fingerprint density at radius 1 is 1.32 bits per heavy atom. The summed E-state index contributed by atoms with van der Waals surface area (Å²) in [5.74, 6) is 0.785. The minimum Gasteiger partial charge on any atom is -0.369 e. The lowest BCUT2D eigenvalue weighted by atomic mass is 10.1. The largest absolute Gasteiger partial charge is 0.369 e. The lowest BCUT2D eigenvalue weighted by Gasteiger charge is -2.31. The van der Waals surface area contributed by atoms with Crippen molar-refractivity contribution in [2.45, 2.75) is 49.9 Å². The number of halogens is 1. The molecule has 5 atom stereocenters. The summed E-state index contributed by atoms with van der Waals surface area (Å²) in [6.07, 6.45) is 2.00. The van der Waals surface area contributed by atoms with Crippen LogP contribution in [0, 0.1) is 5.92 Å². The Bertz CT molecular complexity index is 420. The number of ether oxygens (including phenoxy) is 1. The van der Waals surface area contributed by atoms with Crippen molar-refractivity contribution in [2.24, 2.45) is 5.92 Å². The van der Waals surface area contributed by atoms with Gasteiger partial charge in [0.25, 0.3) is 0 Å². The number of nitrogens with one attached hydrogen (secondary N) is 1. The maximum atomic E-state index is 6.13. The average molecular weight is 325 g/mol. The van der Waals surface area contributed by atoms with Gasteiger partial charge < -0.3 is 9.64 Å². The maximum Gasteiger partial charge on any atom is 0.127 e. The van der Waals surface area contributed by atoms with E-state index in [1.54, 1.807) is 4.90 Å². The Labute approximate surface area is 124 Å². The van der Waals surface area contributed by atoms with Crippen LogP contribution in [0.2, 0.25) is 0 Å². The van der Waals surface area contributed by atoms with Gasteiger partial charge in [-0.1, -0.05) is 46.3 Å². The highest BCUT2D eigenvalue weighted by atomic mass is 79.9. The third kappa shape index (κ3) is 2.74. The summed E-state index contributed by atoms with van der Waals surface area (Å²) in [6, 6.07) is 11.5. The van der Waals surface area contributed by atoms with Crippen LogP contribution in [-0.2, 0) is 11.3 Å². The van der Waals surface area contributed by atoms with Crippen LogP contribution in [0.15, 0.2) is 30.3 Å². The SMILES string of the molecule is CC(C)O[C@H]1C[C@H]2C[NH+](Cc3ccccc3)[C@@H]1[C@@H]2Br. The first-order valence-corrected chi connectivity index (χ1v) is 8.24. The van der Waals surface area contributed by atoms with Crippen molar-refractivity contribution < 1.29 is 9.64 Å². The van der Waals surface area contributed by atoms with E-state index in [4.69, 9.17) is 4.74 Å². The van der Waals surface area contributed by atoms with Gasteiger partial charge in [-0.25, -0.2) is 0 Å². The number of benzene rings is 1. The van der Waals surface area contributed by atoms with Gasteiger partial charge in [-0.15, -0.1) is 0 Å². The van der Waals surface area contributed by atoms with E-state index in [-0.39, 0.29) is 0 Å². The molecule has 1 unspecified atom stereocenters. The van der Waals surface area contributed by atoms with Gasteiger partial charge in [0.1, 0.15) is 18.7 Å². The normalized spacial score (nSPS) is 37.2. The lowest BCUT2D eigenvalue weighted by Crippen LogP contribution is -3.15. The summed E-state index contributed by atoms with van der Waals surface area (Å²) in [4.78, 5) is 2.32. The highest BCUT2D eigenvalue weighted by molar-refractivity contribution is 9.09. The van der Waals surface area contributed by atoms with E-state index in [1.165, 1.54) is 18.5 Å². The van der Waals surface area contributed by atoms with Crippen LogP contribution in [-0.4, -0.2) is 29.6 Å². The molecule has 19 heavy (non-hydrogen) atoms. The van der Waals surface area contributed by atoms with Crippen molar-refractivity contribution in [1.82, 2.24) is 0 Å². The van der Waals surface area contributed by atoms with Crippen molar-refractivity contribution in [3.63, 3.8) is 0 Å². The van der Waals surface area contributed by atoms with Gasteiger partial charge >= 0.3 is 0 Å². The molecule has 2 bridgehead atoms. The summed E-state index contributed by atoms with van der Waals surface area (Å²) < 4.78 is 6.13. The van der Waals surface area contributed by atoms with Gasteiger partial charge in [0, 0.05) is 11.5 Å². The molecule has 0 amide bonds. The van der Waals surface area contributed by atoms with Crippen molar-refractivity contribution in [3.8, 4) is 0 Å². The Balaban J connectivity index is 1.70. The molecule has 3 heteroatoms. The summed E-state index contributed by atoms with van der Waals surface area (Å²) in [7, 11) is 0. The van der Waals surface area contributed by atoms with Crippen LogP contribution in [0.4, 0.5) is 0 Å². The van der Waals surface area contributed by atoms with Gasteiger partial charge in [0.05, 0.1) is 17.5 Å². The fourth-order valence-corrected chi connectivity index (χ4v) is 4.88. The smallest absolute Gasteiger partial charge is 0.127 e. The van der Waals surface area contributed by atoms with Crippen LogP contribution >= 0.6 is 15.9 Å². The zero-order valence-corrected chi connectivity index (χ0v) is 13.3. The predicted molar refractivity (Wildman–Crippen MR) is 80.6 cm³/mol. The second kappa shape index (κ2) is 5.55. The molecule has 1 heterocycles. The number of piperidine rings is 1. The van der Waals surface area contributed by atoms with Crippen LogP contribution in [0.1, 0.15) is 25.8 Å². The molecule has 1 saturated heterocycles. The van der Waals surface area contributed by atoms with Gasteiger partial charge in [0.2, 0.25) is 0 Å².